The van der Waals surface area contributed by atoms with Crippen molar-refractivity contribution in [1.82, 2.24) is 0 Å². The van der Waals surface area contributed by atoms with Crippen molar-refractivity contribution >= 4 is 44.9 Å². The standard InChI is InChI=1S/C19H17BrClNO/c1-19(2)14-9-17(23-3)15(20)7-10(14)6-13-12-5-4-11(21)8-16(12)22-18(13)19/h4-9,18,22H,1-3H3. The first-order valence-electron chi connectivity index (χ1n) is 7.58. The smallest absolute Gasteiger partial charge is 0.133 e. The van der Waals surface area contributed by atoms with Gasteiger partial charge >= 0.3 is 0 Å². The molecule has 1 atom stereocenters. The predicted octanol–water partition coefficient (Wildman–Crippen LogP) is 5.74. The number of halogens is 2. The lowest BCUT2D eigenvalue weighted by Gasteiger charge is -2.38. The number of ether oxygens (including phenoxy) is 1. The first-order chi connectivity index (χ1) is 10.9. The highest BCUT2D eigenvalue weighted by molar-refractivity contribution is 9.10. The van der Waals surface area contributed by atoms with Gasteiger partial charge in [0, 0.05) is 21.7 Å². The van der Waals surface area contributed by atoms with E-state index in [1.165, 1.54) is 22.3 Å². The second-order valence-corrected chi connectivity index (χ2v) is 7.95. The number of anilines is 1. The second-order valence-electron chi connectivity index (χ2n) is 6.66. The highest BCUT2D eigenvalue weighted by atomic mass is 79.9. The van der Waals surface area contributed by atoms with Crippen LogP contribution in [0.25, 0.3) is 11.6 Å². The van der Waals surface area contributed by atoms with Gasteiger partial charge in [0.15, 0.2) is 0 Å². The van der Waals surface area contributed by atoms with E-state index in [2.05, 4.69) is 59.4 Å². The maximum absolute atomic E-state index is 6.16. The first-order valence-corrected chi connectivity index (χ1v) is 8.75. The van der Waals surface area contributed by atoms with Crippen molar-refractivity contribution in [2.24, 2.45) is 0 Å². The Morgan fingerprint density at radius 3 is 2.74 bits per heavy atom. The molecule has 0 saturated heterocycles. The van der Waals surface area contributed by atoms with Crippen molar-refractivity contribution in [3.63, 3.8) is 0 Å². The minimum atomic E-state index is -0.0567. The van der Waals surface area contributed by atoms with Gasteiger partial charge in [-0.1, -0.05) is 31.5 Å². The molecule has 1 unspecified atom stereocenters. The molecule has 2 aliphatic rings. The summed E-state index contributed by atoms with van der Waals surface area (Å²) in [7, 11) is 1.70. The van der Waals surface area contributed by atoms with Gasteiger partial charge in [0.05, 0.1) is 17.6 Å². The van der Waals surface area contributed by atoms with Crippen LogP contribution in [0.5, 0.6) is 5.75 Å². The van der Waals surface area contributed by atoms with Gasteiger partial charge in [-0.15, -0.1) is 0 Å². The number of fused-ring (bicyclic) bond motifs is 4. The third kappa shape index (κ3) is 2.14. The quantitative estimate of drug-likeness (QED) is 0.670. The first kappa shape index (κ1) is 15.1. The highest BCUT2D eigenvalue weighted by Crippen LogP contribution is 2.51. The molecule has 118 valence electrons. The van der Waals surface area contributed by atoms with Gasteiger partial charge in [0.2, 0.25) is 0 Å². The minimum Gasteiger partial charge on any atom is -0.496 e. The molecule has 0 aromatic heterocycles. The number of hydrogen-bond donors (Lipinski definition) is 1. The van der Waals surface area contributed by atoms with E-state index in [1.807, 2.05) is 12.1 Å². The Balaban J connectivity index is 1.95. The third-order valence-corrected chi connectivity index (χ3v) is 5.81. The number of methoxy groups -OCH3 is 1. The maximum atomic E-state index is 6.16. The molecule has 2 aromatic carbocycles. The maximum Gasteiger partial charge on any atom is 0.133 e. The fourth-order valence-corrected chi connectivity index (χ4v) is 4.43. The van der Waals surface area contributed by atoms with E-state index in [1.54, 1.807) is 7.11 Å². The monoisotopic (exact) mass is 389 g/mol. The summed E-state index contributed by atoms with van der Waals surface area (Å²) in [6, 6.07) is 10.6. The Morgan fingerprint density at radius 1 is 1.22 bits per heavy atom. The summed E-state index contributed by atoms with van der Waals surface area (Å²) in [6.07, 6.45) is 2.28. The van der Waals surface area contributed by atoms with Gasteiger partial charge in [-0.3, -0.25) is 0 Å². The number of benzene rings is 2. The minimum absolute atomic E-state index is 0.0567. The SMILES string of the molecule is COc1cc2c(cc1Br)C=C1c3ccc(Cl)cc3NC1C2(C)C. The van der Waals surface area contributed by atoms with E-state index in [0.29, 0.717) is 0 Å². The van der Waals surface area contributed by atoms with Crippen LogP contribution in [0, 0.1) is 0 Å². The molecule has 0 spiro atoms. The molecule has 1 heterocycles. The van der Waals surface area contributed by atoms with Crippen molar-refractivity contribution in [3.05, 3.63) is 56.5 Å². The molecule has 1 N–H and O–H groups in total. The van der Waals surface area contributed by atoms with Crippen LogP contribution in [-0.4, -0.2) is 13.2 Å². The molecule has 2 nitrogen and oxygen atoms in total. The summed E-state index contributed by atoms with van der Waals surface area (Å²) < 4.78 is 6.47. The lowest BCUT2D eigenvalue weighted by Crippen LogP contribution is -2.40. The lowest BCUT2D eigenvalue weighted by molar-refractivity contribution is 0.408. The van der Waals surface area contributed by atoms with Crippen LogP contribution in [0.1, 0.15) is 30.5 Å². The Bertz CT molecular complexity index is 857. The van der Waals surface area contributed by atoms with E-state index >= 15 is 0 Å². The second kappa shape index (κ2) is 5.02. The summed E-state index contributed by atoms with van der Waals surface area (Å²) >= 11 is 9.76. The van der Waals surface area contributed by atoms with E-state index in [9.17, 15) is 0 Å². The Hall–Kier alpha value is -1.45. The summed E-state index contributed by atoms with van der Waals surface area (Å²) in [5, 5.41) is 4.41. The normalized spacial score (nSPS) is 20.0. The van der Waals surface area contributed by atoms with Crippen LogP contribution >= 0.6 is 27.5 Å². The van der Waals surface area contributed by atoms with Gasteiger partial charge in [-0.05, 0) is 63.0 Å². The molecule has 23 heavy (non-hydrogen) atoms. The number of hydrogen-bond acceptors (Lipinski definition) is 2. The van der Waals surface area contributed by atoms with Crippen molar-refractivity contribution in [2.75, 3.05) is 12.4 Å². The Kier molecular flexibility index (Phi) is 3.30. The molecule has 1 aliphatic carbocycles. The van der Waals surface area contributed by atoms with Crippen LogP contribution in [0.4, 0.5) is 5.69 Å². The highest BCUT2D eigenvalue weighted by Gasteiger charge is 2.43. The van der Waals surface area contributed by atoms with E-state index in [-0.39, 0.29) is 11.5 Å². The zero-order chi connectivity index (χ0) is 16.4. The summed E-state index contributed by atoms with van der Waals surface area (Å²) in [5.41, 5.74) is 6.15. The lowest BCUT2D eigenvalue weighted by atomic mass is 9.69. The van der Waals surface area contributed by atoms with Crippen LogP contribution in [0.3, 0.4) is 0 Å². The molecule has 0 radical (unpaired) electrons. The average molecular weight is 391 g/mol. The van der Waals surface area contributed by atoms with E-state index < -0.39 is 0 Å². The molecule has 0 amide bonds. The fraction of sp³-hybridized carbons (Fsp3) is 0.263. The summed E-state index contributed by atoms with van der Waals surface area (Å²) in [5.74, 6) is 0.868. The molecule has 0 fully saturated rings. The van der Waals surface area contributed by atoms with Crippen LogP contribution in [0.15, 0.2) is 34.8 Å². The van der Waals surface area contributed by atoms with Gasteiger partial charge in [0.1, 0.15) is 5.75 Å². The van der Waals surface area contributed by atoms with Gasteiger partial charge in [-0.25, -0.2) is 0 Å². The average Bonchev–Trinajstić information content (AvgIpc) is 2.85. The Morgan fingerprint density at radius 2 is 2.00 bits per heavy atom. The van der Waals surface area contributed by atoms with Crippen molar-refractivity contribution in [1.29, 1.82) is 0 Å². The zero-order valence-corrected chi connectivity index (χ0v) is 15.5. The topological polar surface area (TPSA) is 21.3 Å². The van der Waals surface area contributed by atoms with E-state index in [4.69, 9.17) is 16.3 Å². The molecular weight excluding hydrogens is 374 g/mol. The molecule has 4 rings (SSSR count). The van der Waals surface area contributed by atoms with Crippen molar-refractivity contribution < 1.29 is 4.74 Å². The predicted molar refractivity (Wildman–Crippen MR) is 100 cm³/mol. The molecular formula is C19H17BrClNO. The molecule has 4 heteroatoms. The van der Waals surface area contributed by atoms with Gasteiger partial charge in [0.25, 0.3) is 0 Å². The number of nitrogens with one attached hydrogen (secondary N) is 1. The molecule has 0 bridgehead atoms. The van der Waals surface area contributed by atoms with Crippen LogP contribution in [0.2, 0.25) is 5.02 Å². The van der Waals surface area contributed by atoms with Crippen molar-refractivity contribution in [2.45, 2.75) is 25.3 Å². The van der Waals surface area contributed by atoms with Crippen LogP contribution in [-0.2, 0) is 5.41 Å². The Labute approximate surface area is 149 Å². The molecule has 1 aliphatic heterocycles. The number of rotatable bonds is 1. The fourth-order valence-electron chi connectivity index (χ4n) is 3.73. The van der Waals surface area contributed by atoms with Gasteiger partial charge in [-0.2, -0.15) is 0 Å². The van der Waals surface area contributed by atoms with Crippen LogP contribution < -0.4 is 10.1 Å². The molecule has 0 saturated carbocycles. The largest absolute Gasteiger partial charge is 0.496 e. The van der Waals surface area contributed by atoms with Crippen molar-refractivity contribution in [3.8, 4) is 5.75 Å². The van der Waals surface area contributed by atoms with E-state index in [0.717, 1.165) is 20.9 Å². The summed E-state index contributed by atoms with van der Waals surface area (Å²) in [6.45, 7) is 4.55. The summed E-state index contributed by atoms with van der Waals surface area (Å²) in [4.78, 5) is 0. The third-order valence-electron chi connectivity index (χ3n) is 4.95. The van der Waals surface area contributed by atoms with Gasteiger partial charge < -0.3 is 10.1 Å². The molecule has 2 aromatic rings. The zero-order valence-electron chi connectivity index (χ0n) is 13.2.